The lowest BCUT2D eigenvalue weighted by Crippen LogP contribution is -2.21. The van der Waals surface area contributed by atoms with Crippen LogP contribution in [0.25, 0.3) is 0 Å². The number of aryl methyl sites for hydroxylation is 1. The van der Waals surface area contributed by atoms with Gasteiger partial charge in [0.15, 0.2) is 6.61 Å². The van der Waals surface area contributed by atoms with E-state index < -0.39 is 0 Å². The standard InChI is InChI=1S/C20H25BrN2O2.ClH/c1-3-4-11-22-13-16-12-17(21)7-10-19(16)25-14-20(24)23-18-8-5-15(2)6-9-18;/h5-10,12,22H,3-4,11,13-14H2,1-2H3,(H,23,24);1H. The Hall–Kier alpha value is -1.56. The van der Waals surface area contributed by atoms with Gasteiger partial charge in [0.05, 0.1) is 0 Å². The Labute approximate surface area is 170 Å². The number of halogens is 2. The van der Waals surface area contributed by atoms with Crippen LogP contribution in [0.1, 0.15) is 30.9 Å². The number of carbonyl (C=O) groups is 1. The zero-order valence-corrected chi connectivity index (χ0v) is 17.6. The number of amides is 1. The fourth-order valence-electron chi connectivity index (χ4n) is 2.33. The molecular weight excluding hydrogens is 416 g/mol. The van der Waals surface area contributed by atoms with Crippen LogP contribution in [0.5, 0.6) is 5.75 Å². The third-order valence-electron chi connectivity index (χ3n) is 3.74. The normalized spacial score (nSPS) is 10.1. The first-order valence-corrected chi connectivity index (χ1v) is 9.36. The van der Waals surface area contributed by atoms with Gasteiger partial charge in [-0.05, 0) is 50.2 Å². The van der Waals surface area contributed by atoms with Gasteiger partial charge in [-0.3, -0.25) is 4.79 Å². The lowest BCUT2D eigenvalue weighted by molar-refractivity contribution is -0.118. The molecule has 0 saturated carbocycles. The molecule has 0 bridgehead atoms. The molecule has 0 radical (unpaired) electrons. The van der Waals surface area contributed by atoms with Crippen LogP contribution in [0, 0.1) is 6.92 Å². The van der Waals surface area contributed by atoms with E-state index in [1.54, 1.807) is 0 Å². The summed E-state index contributed by atoms with van der Waals surface area (Å²) in [4.78, 5) is 12.1. The Morgan fingerprint density at radius 2 is 1.88 bits per heavy atom. The van der Waals surface area contributed by atoms with Crippen molar-refractivity contribution in [2.45, 2.75) is 33.2 Å². The summed E-state index contributed by atoms with van der Waals surface area (Å²) in [5.41, 5.74) is 2.97. The van der Waals surface area contributed by atoms with Crippen molar-refractivity contribution >= 4 is 39.9 Å². The topological polar surface area (TPSA) is 50.4 Å². The molecule has 2 N–H and O–H groups in total. The highest BCUT2D eigenvalue weighted by molar-refractivity contribution is 9.10. The molecule has 1 amide bonds. The number of hydrogen-bond acceptors (Lipinski definition) is 3. The van der Waals surface area contributed by atoms with Gasteiger partial charge in [0.1, 0.15) is 5.75 Å². The molecule has 0 fully saturated rings. The first-order valence-electron chi connectivity index (χ1n) is 8.57. The van der Waals surface area contributed by atoms with E-state index >= 15 is 0 Å². The van der Waals surface area contributed by atoms with Crippen molar-refractivity contribution in [1.29, 1.82) is 0 Å². The second-order valence-electron chi connectivity index (χ2n) is 5.99. The Kier molecular flexibility index (Phi) is 10.3. The Morgan fingerprint density at radius 1 is 1.15 bits per heavy atom. The van der Waals surface area contributed by atoms with Crippen molar-refractivity contribution in [2.24, 2.45) is 0 Å². The molecule has 0 spiro atoms. The van der Waals surface area contributed by atoms with Gasteiger partial charge in [-0.25, -0.2) is 0 Å². The van der Waals surface area contributed by atoms with Crippen molar-refractivity contribution in [3.05, 3.63) is 58.1 Å². The number of ether oxygens (including phenoxy) is 1. The van der Waals surface area contributed by atoms with Gasteiger partial charge in [0.25, 0.3) is 5.91 Å². The lowest BCUT2D eigenvalue weighted by atomic mass is 10.2. The molecule has 2 aromatic rings. The minimum absolute atomic E-state index is 0. The second kappa shape index (κ2) is 11.9. The van der Waals surface area contributed by atoms with Gasteiger partial charge in [0, 0.05) is 22.3 Å². The third kappa shape index (κ3) is 7.77. The number of unbranched alkanes of at least 4 members (excludes halogenated alkanes) is 1. The van der Waals surface area contributed by atoms with Crippen molar-refractivity contribution in [2.75, 3.05) is 18.5 Å². The Morgan fingerprint density at radius 3 is 2.58 bits per heavy atom. The number of anilines is 1. The van der Waals surface area contributed by atoms with Gasteiger partial charge in [-0.2, -0.15) is 0 Å². The predicted molar refractivity (Wildman–Crippen MR) is 113 cm³/mol. The molecule has 2 rings (SSSR count). The molecule has 142 valence electrons. The lowest BCUT2D eigenvalue weighted by Gasteiger charge is -2.13. The maximum atomic E-state index is 12.1. The summed E-state index contributed by atoms with van der Waals surface area (Å²) in [6, 6.07) is 13.5. The van der Waals surface area contributed by atoms with Crippen molar-refractivity contribution in [1.82, 2.24) is 5.32 Å². The molecule has 26 heavy (non-hydrogen) atoms. The largest absolute Gasteiger partial charge is 0.483 e. The van der Waals surface area contributed by atoms with Crippen LogP contribution in [0.2, 0.25) is 0 Å². The molecular formula is C20H26BrClN2O2. The minimum Gasteiger partial charge on any atom is -0.483 e. The summed E-state index contributed by atoms with van der Waals surface area (Å²) < 4.78 is 6.73. The van der Waals surface area contributed by atoms with Crippen LogP contribution < -0.4 is 15.4 Å². The van der Waals surface area contributed by atoms with Crippen LogP contribution in [-0.4, -0.2) is 19.1 Å². The highest BCUT2D eigenvalue weighted by atomic mass is 79.9. The predicted octanol–water partition coefficient (Wildman–Crippen LogP) is 5.09. The molecule has 0 aromatic heterocycles. The fraction of sp³-hybridized carbons (Fsp3) is 0.350. The average molecular weight is 442 g/mol. The SMILES string of the molecule is CCCCNCc1cc(Br)ccc1OCC(=O)Nc1ccc(C)cc1.Cl. The molecule has 0 aliphatic rings. The summed E-state index contributed by atoms with van der Waals surface area (Å²) >= 11 is 3.49. The number of carbonyl (C=O) groups excluding carboxylic acids is 1. The van der Waals surface area contributed by atoms with Crippen LogP contribution in [0.3, 0.4) is 0 Å². The van der Waals surface area contributed by atoms with Crippen molar-refractivity contribution in [3.63, 3.8) is 0 Å². The molecule has 0 aliphatic carbocycles. The van der Waals surface area contributed by atoms with Crippen LogP contribution in [-0.2, 0) is 11.3 Å². The number of rotatable bonds is 9. The molecule has 6 heteroatoms. The van der Waals surface area contributed by atoms with E-state index in [1.165, 1.54) is 0 Å². The van der Waals surface area contributed by atoms with E-state index in [0.717, 1.165) is 46.4 Å². The Bertz CT molecular complexity index is 693. The summed E-state index contributed by atoms with van der Waals surface area (Å²) in [5, 5.41) is 6.24. The van der Waals surface area contributed by atoms with Crippen LogP contribution in [0.15, 0.2) is 46.9 Å². The van der Waals surface area contributed by atoms with Crippen LogP contribution >= 0.6 is 28.3 Å². The van der Waals surface area contributed by atoms with Gasteiger partial charge in [0.2, 0.25) is 0 Å². The fourth-order valence-corrected chi connectivity index (χ4v) is 2.74. The second-order valence-corrected chi connectivity index (χ2v) is 6.90. The molecule has 2 aromatic carbocycles. The van der Waals surface area contributed by atoms with Gasteiger partial charge in [-0.1, -0.05) is 47.0 Å². The summed E-state index contributed by atoms with van der Waals surface area (Å²) in [5.74, 6) is 0.558. The van der Waals surface area contributed by atoms with E-state index in [1.807, 2.05) is 49.4 Å². The zero-order chi connectivity index (χ0) is 18.1. The third-order valence-corrected chi connectivity index (χ3v) is 4.23. The van der Waals surface area contributed by atoms with E-state index in [4.69, 9.17) is 4.74 Å². The van der Waals surface area contributed by atoms with Crippen LogP contribution in [0.4, 0.5) is 5.69 Å². The summed E-state index contributed by atoms with van der Waals surface area (Å²) in [6.07, 6.45) is 2.30. The average Bonchev–Trinajstić information content (AvgIpc) is 2.60. The zero-order valence-electron chi connectivity index (χ0n) is 15.2. The molecule has 0 aliphatic heterocycles. The van der Waals surface area contributed by atoms with Gasteiger partial charge in [-0.15, -0.1) is 12.4 Å². The van der Waals surface area contributed by atoms with Gasteiger partial charge < -0.3 is 15.4 Å². The van der Waals surface area contributed by atoms with E-state index in [-0.39, 0.29) is 24.9 Å². The number of benzene rings is 2. The monoisotopic (exact) mass is 440 g/mol. The van der Waals surface area contributed by atoms with Crippen molar-refractivity contribution < 1.29 is 9.53 Å². The maximum absolute atomic E-state index is 12.1. The van der Waals surface area contributed by atoms with E-state index in [0.29, 0.717) is 6.54 Å². The smallest absolute Gasteiger partial charge is 0.262 e. The molecule has 0 atom stereocenters. The van der Waals surface area contributed by atoms with Crippen molar-refractivity contribution in [3.8, 4) is 5.75 Å². The number of nitrogens with one attached hydrogen (secondary N) is 2. The van der Waals surface area contributed by atoms with E-state index in [2.05, 4.69) is 33.5 Å². The van der Waals surface area contributed by atoms with Gasteiger partial charge >= 0.3 is 0 Å². The quantitative estimate of drug-likeness (QED) is 0.533. The summed E-state index contributed by atoms with van der Waals surface area (Å²) in [6.45, 7) is 5.85. The Balaban J connectivity index is 0.00000338. The molecule has 0 unspecified atom stereocenters. The first kappa shape index (κ1) is 22.5. The maximum Gasteiger partial charge on any atom is 0.262 e. The molecule has 0 heterocycles. The number of hydrogen-bond donors (Lipinski definition) is 2. The first-order chi connectivity index (χ1) is 12.1. The minimum atomic E-state index is -0.170. The summed E-state index contributed by atoms with van der Waals surface area (Å²) in [7, 11) is 0. The van der Waals surface area contributed by atoms with E-state index in [9.17, 15) is 4.79 Å². The highest BCUT2D eigenvalue weighted by Crippen LogP contribution is 2.23. The molecule has 0 saturated heterocycles. The molecule has 4 nitrogen and oxygen atoms in total. The highest BCUT2D eigenvalue weighted by Gasteiger charge is 2.08.